The molecule has 1 aliphatic rings. The van der Waals surface area contributed by atoms with Crippen molar-refractivity contribution in [1.82, 2.24) is 4.98 Å². The zero-order valence-electron chi connectivity index (χ0n) is 9.28. The Morgan fingerprint density at radius 3 is 2.93 bits per heavy atom. The smallest absolute Gasteiger partial charge is 0.128 e. The van der Waals surface area contributed by atoms with Gasteiger partial charge in [0, 0.05) is 24.7 Å². The summed E-state index contributed by atoms with van der Waals surface area (Å²) in [6.45, 7) is 5.40. The molecule has 0 N–H and O–H groups in total. The van der Waals surface area contributed by atoms with Gasteiger partial charge in [0.25, 0.3) is 0 Å². The van der Waals surface area contributed by atoms with E-state index in [9.17, 15) is 0 Å². The highest BCUT2D eigenvalue weighted by Crippen LogP contribution is 2.28. The van der Waals surface area contributed by atoms with E-state index in [0.717, 1.165) is 12.4 Å². The lowest BCUT2D eigenvalue weighted by atomic mass is 10.1. The molecule has 0 bridgehead atoms. The average molecular weight is 225 g/mol. The molecular weight excluding hydrogens is 208 g/mol. The minimum Gasteiger partial charge on any atom is -0.352 e. The quantitative estimate of drug-likeness (QED) is 0.719. The Morgan fingerprint density at radius 2 is 2.33 bits per heavy atom. The van der Waals surface area contributed by atoms with Crippen LogP contribution in [0.1, 0.15) is 18.9 Å². The number of nitrogens with zero attached hydrogens (tertiary/aromatic N) is 2. The Kier molecular flexibility index (Phi) is 3.15. The Labute approximate surface area is 96.3 Å². The van der Waals surface area contributed by atoms with Gasteiger partial charge >= 0.3 is 0 Å². The Hall–Kier alpha value is -0.760. The van der Waals surface area contributed by atoms with Gasteiger partial charge < -0.3 is 4.90 Å². The average Bonchev–Trinajstić information content (AvgIpc) is 2.61. The summed E-state index contributed by atoms with van der Waals surface area (Å²) in [5.41, 5.74) is 1.20. The molecule has 1 fully saturated rings. The van der Waals surface area contributed by atoms with Gasteiger partial charge in [0.1, 0.15) is 5.82 Å². The molecule has 2 atom stereocenters. The number of rotatable bonds is 2. The van der Waals surface area contributed by atoms with Gasteiger partial charge in [-0.1, -0.05) is 13.0 Å². The van der Waals surface area contributed by atoms with Crippen molar-refractivity contribution in [3.05, 3.63) is 23.9 Å². The van der Waals surface area contributed by atoms with Crippen LogP contribution in [0.3, 0.4) is 0 Å². The molecule has 2 unspecified atom stereocenters. The van der Waals surface area contributed by atoms with Crippen molar-refractivity contribution >= 4 is 17.4 Å². The van der Waals surface area contributed by atoms with E-state index in [1.54, 1.807) is 0 Å². The second kappa shape index (κ2) is 4.40. The molecule has 82 valence electrons. The summed E-state index contributed by atoms with van der Waals surface area (Å²) in [6.07, 6.45) is 3.14. The van der Waals surface area contributed by atoms with Gasteiger partial charge in [-0.15, -0.1) is 11.6 Å². The van der Waals surface area contributed by atoms with Crippen molar-refractivity contribution in [3.8, 4) is 0 Å². The summed E-state index contributed by atoms with van der Waals surface area (Å²) in [7, 11) is 0. The SMILES string of the molecule is Cc1ccc(N2CCC(C)C2CCl)nc1. The third-order valence-electron chi connectivity index (χ3n) is 3.23. The first-order chi connectivity index (χ1) is 7.22. The van der Waals surface area contributed by atoms with E-state index in [2.05, 4.69) is 35.9 Å². The fourth-order valence-corrected chi connectivity index (χ4v) is 2.63. The molecule has 2 nitrogen and oxygen atoms in total. The molecule has 0 saturated carbocycles. The molecule has 0 aliphatic carbocycles. The van der Waals surface area contributed by atoms with Crippen LogP contribution in [-0.4, -0.2) is 23.5 Å². The molecule has 0 spiro atoms. The predicted octanol–water partition coefficient (Wildman–Crippen LogP) is 2.84. The summed E-state index contributed by atoms with van der Waals surface area (Å²) < 4.78 is 0. The van der Waals surface area contributed by atoms with Gasteiger partial charge in [0.15, 0.2) is 0 Å². The number of hydrogen-bond acceptors (Lipinski definition) is 2. The van der Waals surface area contributed by atoms with E-state index >= 15 is 0 Å². The number of aromatic nitrogens is 1. The molecule has 2 rings (SSSR count). The molecule has 3 heteroatoms. The normalized spacial score (nSPS) is 25.9. The summed E-state index contributed by atoms with van der Waals surface area (Å²) in [5.74, 6) is 2.43. The fourth-order valence-electron chi connectivity index (χ4n) is 2.16. The van der Waals surface area contributed by atoms with Crippen molar-refractivity contribution in [2.45, 2.75) is 26.3 Å². The fraction of sp³-hybridized carbons (Fsp3) is 0.583. The van der Waals surface area contributed by atoms with Crippen LogP contribution < -0.4 is 4.90 Å². The van der Waals surface area contributed by atoms with E-state index in [1.165, 1.54) is 12.0 Å². The second-order valence-electron chi connectivity index (χ2n) is 4.37. The molecule has 15 heavy (non-hydrogen) atoms. The van der Waals surface area contributed by atoms with Gasteiger partial charge in [0.05, 0.1) is 0 Å². The lowest BCUT2D eigenvalue weighted by molar-refractivity contribution is 0.548. The standard InChI is InChI=1S/C12H17ClN2/c1-9-3-4-12(14-8-9)15-6-5-10(2)11(15)7-13/h3-4,8,10-11H,5-7H2,1-2H3. The molecular formula is C12H17ClN2. The first kappa shape index (κ1) is 10.7. The van der Waals surface area contributed by atoms with Gasteiger partial charge in [0.2, 0.25) is 0 Å². The summed E-state index contributed by atoms with van der Waals surface area (Å²) in [5, 5.41) is 0. The zero-order valence-corrected chi connectivity index (χ0v) is 10.0. The predicted molar refractivity (Wildman–Crippen MR) is 64.6 cm³/mol. The van der Waals surface area contributed by atoms with Crippen LogP contribution in [0.15, 0.2) is 18.3 Å². The van der Waals surface area contributed by atoms with Crippen molar-refractivity contribution < 1.29 is 0 Å². The Morgan fingerprint density at radius 1 is 1.53 bits per heavy atom. The van der Waals surface area contributed by atoms with E-state index < -0.39 is 0 Å². The first-order valence-electron chi connectivity index (χ1n) is 5.47. The highest BCUT2D eigenvalue weighted by atomic mass is 35.5. The van der Waals surface area contributed by atoms with E-state index in [0.29, 0.717) is 17.8 Å². The molecule has 1 aliphatic heterocycles. The number of halogens is 1. The topological polar surface area (TPSA) is 16.1 Å². The van der Waals surface area contributed by atoms with Crippen LogP contribution in [0.2, 0.25) is 0 Å². The molecule has 0 amide bonds. The number of pyridine rings is 1. The highest BCUT2D eigenvalue weighted by Gasteiger charge is 2.30. The largest absolute Gasteiger partial charge is 0.352 e. The zero-order chi connectivity index (χ0) is 10.8. The highest BCUT2D eigenvalue weighted by molar-refractivity contribution is 6.18. The maximum Gasteiger partial charge on any atom is 0.128 e. The maximum atomic E-state index is 6.01. The second-order valence-corrected chi connectivity index (χ2v) is 4.68. The number of anilines is 1. The van der Waals surface area contributed by atoms with Gasteiger partial charge in [-0.25, -0.2) is 4.98 Å². The first-order valence-corrected chi connectivity index (χ1v) is 6.01. The lowest BCUT2D eigenvalue weighted by Gasteiger charge is -2.26. The number of aryl methyl sites for hydroxylation is 1. The molecule has 1 aromatic heterocycles. The van der Waals surface area contributed by atoms with Crippen LogP contribution in [-0.2, 0) is 0 Å². The third-order valence-corrected chi connectivity index (χ3v) is 3.55. The van der Waals surface area contributed by atoms with Crippen molar-refractivity contribution in [2.24, 2.45) is 5.92 Å². The van der Waals surface area contributed by atoms with E-state index in [-0.39, 0.29) is 0 Å². The van der Waals surface area contributed by atoms with Crippen molar-refractivity contribution in [1.29, 1.82) is 0 Å². The van der Waals surface area contributed by atoms with Crippen molar-refractivity contribution in [2.75, 3.05) is 17.3 Å². The van der Waals surface area contributed by atoms with Crippen LogP contribution >= 0.6 is 11.6 Å². The maximum absolute atomic E-state index is 6.01. The van der Waals surface area contributed by atoms with Gasteiger partial charge in [-0.2, -0.15) is 0 Å². The Balaban J connectivity index is 2.20. The van der Waals surface area contributed by atoms with Gasteiger partial charge in [-0.05, 0) is 30.9 Å². The van der Waals surface area contributed by atoms with Crippen molar-refractivity contribution in [3.63, 3.8) is 0 Å². The minimum atomic E-state index is 0.446. The molecule has 1 aromatic rings. The van der Waals surface area contributed by atoms with Crippen LogP contribution in [0.25, 0.3) is 0 Å². The third kappa shape index (κ3) is 2.10. The van der Waals surface area contributed by atoms with E-state index in [1.807, 2.05) is 6.20 Å². The summed E-state index contributed by atoms with van der Waals surface area (Å²) in [6, 6.07) is 4.64. The summed E-state index contributed by atoms with van der Waals surface area (Å²) >= 11 is 6.01. The van der Waals surface area contributed by atoms with Crippen LogP contribution in [0.5, 0.6) is 0 Å². The molecule has 0 aromatic carbocycles. The minimum absolute atomic E-state index is 0.446. The molecule has 1 saturated heterocycles. The number of hydrogen-bond donors (Lipinski definition) is 0. The van der Waals surface area contributed by atoms with E-state index in [4.69, 9.17) is 11.6 Å². The lowest BCUT2D eigenvalue weighted by Crippen LogP contribution is -2.34. The summed E-state index contributed by atoms with van der Waals surface area (Å²) in [4.78, 5) is 6.79. The van der Waals surface area contributed by atoms with Crippen LogP contribution in [0.4, 0.5) is 5.82 Å². The monoisotopic (exact) mass is 224 g/mol. The molecule has 2 heterocycles. The number of alkyl halides is 1. The molecule has 0 radical (unpaired) electrons. The Bertz CT molecular complexity index is 323. The van der Waals surface area contributed by atoms with Gasteiger partial charge in [-0.3, -0.25) is 0 Å². The van der Waals surface area contributed by atoms with Crippen LogP contribution in [0, 0.1) is 12.8 Å².